The van der Waals surface area contributed by atoms with Gasteiger partial charge in [-0.15, -0.1) is 0 Å². The van der Waals surface area contributed by atoms with Crippen LogP contribution in [-0.4, -0.2) is 39.4 Å². The monoisotopic (exact) mass is 385 g/mol. The van der Waals surface area contributed by atoms with Gasteiger partial charge in [-0.3, -0.25) is 9.59 Å². The van der Waals surface area contributed by atoms with Crippen LogP contribution in [0.2, 0.25) is 0 Å². The van der Waals surface area contributed by atoms with Gasteiger partial charge in [0.2, 0.25) is 5.91 Å². The van der Waals surface area contributed by atoms with Gasteiger partial charge in [-0.25, -0.2) is 0 Å². The van der Waals surface area contributed by atoms with Gasteiger partial charge in [-0.2, -0.15) is 0 Å². The summed E-state index contributed by atoms with van der Waals surface area (Å²) in [5, 5.41) is 3.28. The number of aryl methyl sites for hydroxylation is 1. The van der Waals surface area contributed by atoms with Crippen LogP contribution in [0.1, 0.15) is 75.0 Å². The van der Waals surface area contributed by atoms with Crippen LogP contribution in [0.5, 0.6) is 0 Å². The van der Waals surface area contributed by atoms with E-state index in [1.165, 1.54) is 12.8 Å². The fourth-order valence-corrected chi connectivity index (χ4v) is 4.80. The zero-order valence-corrected chi connectivity index (χ0v) is 17.2. The lowest BCUT2D eigenvalue weighted by atomic mass is 9.93. The van der Waals surface area contributed by atoms with E-state index in [0.29, 0.717) is 24.4 Å². The molecule has 6 heteroatoms. The largest absolute Gasteiger partial charge is 0.460 e. The molecule has 2 aliphatic rings. The summed E-state index contributed by atoms with van der Waals surface area (Å²) in [5.41, 5.74) is 1.32. The van der Waals surface area contributed by atoms with E-state index in [4.69, 9.17) is 4.42 Å². The number of fused-ring (bicyclic) bond motifs is 3. The molecule has 4 rings (SSSR count). The van der Waals surface area contributed by atoms with Crippen LogP contribution in [0.25, 0.3) is 11.1 Å². The average Bonchev–Trinajstić information content (AvgIpc) is 3.04. The van der Waals surface area contributed by atoms with Crippen molar-refractivity contribution < 1.29 is 14.0 Å². The summed E-state index contributed by atoms with van der Waals surface area (Å²) in [6, 6.07) is 3.98. The standard InChI is InChI=1S/C22H31N3O3/c1-4-11-25-20(26)18-13-19-17(12-15(2)28-19)24(18)14-22(25,3)21(27)23-16-9-7-5-6-8-10-16/h12-13,16H,4-11,14H2,1-3H3,(H,23,27)/t22-/m1/s1. The molecule has 0 aromatic carbocycles. The van der Waals surface area contributed by atoms with Crippen molar-refractivity contribution in [2.45, 2.75) is 83.8 Å². The second-order valence-electron chi connectivity index (χ2n) is 8.61. The van der Waals surface area contributed by atoms with E-state index >= 15 is 0 Å². The number of aromatic nitrogens is 1. The molecule has 0 unspecified atom stereocenters. The van der Waals surface area contributed by atoms with Gasteiger partial charge >= 0.3 is 0 Å². The zero-order chi connectivity index (χ0) is 19.9. The van der Waals surface area contributed by atoms with E-state index in [-0.39, 0.29) is 17.9 Å². The number of carbonyl (C=O) groups is 2. The SMILES string of the molecule is CCCN1C(=O)c2cc3oc(C)cc3n2C[C@]1(C)C(=O)NC1CCCCCC1. The first kappa shape index (κ1) is 19.1. The number of nitrogens with zero attached hydrogens (tertiary/aromatic N) is 2. The molecule has 3 heterocycles. The van der Waals surface area contributed by atoms with Gasteiger partial charge in [0, 0.05) is 24.7 Å². The van der Waals surface area contributed by atoms with Crippen molar-refractivity contribution in [3.05, 3.63) is 23.6 Å². The van der Waals surface area contributed by atoms with Crippen molar-refractivity contribution in [2.24, 2.45) is 0 Å². The molecule has 0 radical (unpaired) electrons. The third-order valence-electron chi connectivity index (χ3n) is 6.37. The molecule has 2 aromatic rings. The van der Waals surface area contributed by atoms with E-state index in [1.54, 1.807) is 4.90 Å². The zero-order valence-electron chi connectivity index (χ0n) is 17.2. The smallest absolute Gasteiger partial charge is 0.271 e. The number of amides is 2. The van der Waals surface area contributed by atoms with E-state index in [9.17, 15) is 9.59 Å². The van der Waals surface area contributed by atoms with Gasteiger partial charge in [0.05, 0.1) is 12.1 Å². The maximum absolute atomic E-state index is 13.5. The minimum Gasteiger partial charge on any atom is -0.460 e. The lowest BCUT2D eigenvalue weighted by Crippen LogP contribution is -2.65. The van der Waals surface area contributed by atoms with Crippen LogP contribution in [-0.2, 0) is 11.3 Å². The minimum atomic E-state index is -0.899. The fraction of sp³-hybridized carbons (Fsp3) is 0.636. The Morgan fingerprint density at radius 3 is 2.64 bits per heavy atom. The summed E-state index contributed by atoms with van der Waals surface area (Å²) in [6.45, 7) is 6.88. The van der Waals surface area contributed by atoms with Crippen LogP contribution in [0, 0.1) is 6.92 Å². The quantitative estimate of drug-likeness (QED) is 0.809. The number of hydrogen-bond acceptors (Lipinski definition) is 3. The van der Waals surface area contributed by atoms with Gasteiger partial charge in [0.25, 0.3) is 5.91 Å². The van der Waals surface area contributed by atoms with E-state index in [0.717, 1.165) is 43.4 Å². The Labute approximate surface area is 166 Å². The molecule has 1 saturated carbocycles. The Hall–Kier alpha value is -2.24. The molecule has 28 heavy (non-hydrogen) atoms. The highest BCUT2D eigenvalue weighted by Crippen LogP contribution is 2.34. The third kappa shape index (κ3) is 3.12. The molecule has 2 amide bonds. The molecular weight excluding hydrogens is 354 g/mol. The second kappa shape index (κ2) is 7.30. The molecule has 0 spiro atoms. The molecule has 1 atom stereocenters. The number of carbonyl (C=O) groups excluding carboxylic acids is 2. The van der Waals surface area contributed by atoms with Crippen molar-refractivity contribution >= 4 is 22.9 Å². The highest BCUT2D eigenvalue weighted by molar-refractivity contribution is 6.03. The predicted molar refractivity (Wildman–Crippen MR) is 108 cm³/mol. The van der Waals surface area contributed by atoms with Crippen LogP contribution >= 0.6 is 0 Å². The number of nitrogens with one attached hydrogen (secondary N) is 1. The summed E-state index contributed by atoms with van der Waals surface area (Å²) in [7, 11) is 0. The van der Waals surface area contributed by atoms with Gasteiger partial charge in [-0.05, 0) is 33.1 Å². The van der Waals surface area contributed by atoms with Crippen LogP contribution < -0.4 is 5.32 Å². The van der Waals surface area contributed by atoms with Crippen molar-refractivity contribution in [1.82, 2.24) is 14.8 Å². The molecule has 1 aliphatic heterocycles. The highest BCUT2D eigenvalue weighted by atomic mass is 16.3. The van der Waals surface area contributed by atoms with E-state index in [1.807, 2.05) is 37.5 Å². The molecule has 2 aromatic heterocycles. The normalized spacial score (nSPS) is 23.7. The first-order valence-corrected chi connectivity index (χ1v) is 10.7. The fourth-order valence-electron chi connectivity index (χ4n) is 4.80. The highest BCUT2D eigenvalue weighted by Gasteiger charge is 2.48. The number of rotatable bonds is 4. The van der Waals surface area contributed by atoms with Gasteiger partial charge in [0.1, 0.15) is 17.0 Å². The molecule has 1 fully saturated rings. The maximum atomic E-state index is 13.5. The first-order valence-electron chi connectivity index (χ1n) is 10.7. The van der Waals surface area contributed by atoms with Gasteiger partial charge in [0.15, 0.2) is 5.58 Å². The summed E-state index contributed by atoms with van der Waals surface area (Å²) in [5.74, 6) is 0.693. The number of furan rings is 1. The molecule has 0 bridgehead atoms. The predicted octanol–water partition coefficient (Wildman–Crippen LogP) is 4.01. The first-order chi connectivity index (χ1) is 13.4. The van der Waals surface area contributed by atoms with Crippen molar-refractivity contribution in [3.63, 3.8) is 0 Å². The Bertz CT molecular complexity index is 888. The van der Waals surface area contributed by atoms with E-state index < -0.39 is 5.54 Å². The summed E-state index contributed by atoms with van der Waals surface area (Å²) < 4.78 is 7.70. The Balaban J connectivity index is 1.68. The van der Waals surface area contributed by atoms with Gasteiger partial charge < -0.3 is 19.2 Å². The summed E-state index contributed by atoms with van der Waals surface area (Å²) in [6.07, 6.45) is 7.69. The van der Waals surface area contributed by atoms with Crippen LogP contribution in [0.15, 0.2) is 16.5 Å². The molecule has 0 saturated heterocycles. The Kier molecular flexibility index (Phi) is 4.98. The average molecular weight is 386 g/mol. The maximum Gasteiger partial charge on any atom is 0.271 e. The third-order valence-corrected chi connectivity index (χ3v) is 6.37. The van der Waals surface area contributed by atoms with Crippen molar-refractivity contribution in [2.75, 3.05) is 6.54 Å². The van der Waals surface area contributed by atoms with E-state index in [2.05, 4.69) is 5.32 Å². The molecular formula is C22H31N3O3. The second-order valence-corrected chi connectivity index (χ2v) is 8.61. The van der Waals surface area contributed by atoms with Crippen LogP contribution in [0.3, 0.4) is 0 Å². The number of hydrogen-bond donors (Lipinski definition) is 1. The van der Waals surface area contributed by atoms with Crippen molar-refractivity contribution in [1.29, 1.82) is 0 Å². The lowest BCUT2D eigenvalue weighted by Gasteiger charge is -2.44. The Morgan fingerprint density at radius 1 is 1.25 bits per heavy atom. The molecule has 6 nitrogen and oxygen atoms in total. The topological polar surface area (TPSA) is 67.5 Å². The lowest BCUT2D eigenvalue weighted by molar-refractivity contribution is -0.133. The summed E-state index contributed by atoms with van der Waals surface area (Å²) >= 11 is 0. The molecule has 1 N–H and O–H groups in total. The minimum absolute atomic E-state index is 0.0334. The molecule has 1 aliphatic carbocycles. The Morgan fingerprint density at radius 2 is 1.96 bits per heavy atom. The van der Waals surface area contributed by atoms with Crippen molar-refractivity contribution in [3.8, 4) is 0 Å². The van der Waals surface area contributed by atoms with Crippen LogP contribution in [0.4, 0.5) is 0 Å². The molecule has 152 valence electrons. The summed E-state index contributed by atoms with van der Waals surface area (Å²) in [4.78, 5) is 28.5. The van der Waals surface area contributed by atoms with Gasteiger partial charge in [-0.1, -0.05) is 32.6 Å².